The quantitative estimate of drug-likeness (QED) is 0.652. The van der Waals surface area contributed by atoms with Crippen LogP contribution in [0.25, 0.3) is 0 Å². The molecule has 6 heteroatoms. The van der Waals surface area contributed by atoms with Gasteiger partial charge in [0.25, 0.3) is 0 Å². The molecule has 2 N–H and O–H groups in total. The number of hydrogen-bond donors (Lipinski definition) is 2. The van der Waals surface area contributed by atoms with Crippen molar-refractivity contribution in [1.29, 1.82) is 0 Å². The number of nitrogens with zero attached hydrogens (tertiary/aromatic N) is 1. The van der Waals surface area contributed by atoms with Crippen molar-refractivity contribution in [3.8, 4) is 0 Å². The summed E-state index contributed by atoms with van der Waals surface area (Å²) in [6, 6.07) is -0.645. The number of ether oxygens (including phenoxy) is 1. The summed E-state index contributed by atoms with van der Waals surface area (Å²) in [5.41, 5.74) is 0. The summed E-state index contributed by atoms with van der Waals surface area (Å²) < 4.78 is 5.34. The smallest absolute Gasteiger partial charge is 0.322 e. The lowest BCUT2D eigenvalue weighted by Gasteiger charge is -2.32. The Morgan fingerprint density at radius 2 is 2.38 bits per heavy atom. The van der Waals surface area contributed by atoms with Crippen LogP contribution in [0.1, 0.15) is 13.8 Å². The summed E-state index contributed by atoms with van der Waals surface area (Å²) in [6.45, 7) is 5.01. The summed E-state index contributed by atoms with van der Waals surface area (Å²) in [4.78, 5) is 23.7. The molecular formula is C10H18N2O4. The van der Waals surface area contributed by atoms with Crippen molar-refractivity contribution in [1.82, 2.24) is 10.2 Å². The minimum atomic E-state index is -0.912. The van der Waals surface area contributed by atoms with E-state index < -0.39 is 12.0 Å². The standard InChI is InChI=1S/C10H18N2O4/c1-7(2)16-4-3-12-6-9(13)11-5-8(12)10(14)15/h7-8H,3-6H2,1-2H3,(H,11,13)(H,14,15). The first-order valence-corrected chi connectivity index (χ1v) is 5.36. The van der Waals surface area contributed by atoms with Gasteiger partial charge < -0.3 is 15.2 Å². The first-order chi connectivity index (χ1) is 7.50. The van der Waals surface area contributed by atoms with Gasteiger partial charge in [0, 0.05) is 13.1 Å². The lowest BCUT2D eigenvalue weighted by atomic mass is 10.2. The number of nitrogens with one attached hydrogen (secondary N) is 1. The molecule has 1 saturated heterocycles. The molecule has 1 fully saturated rings. The Balaban J connectivity index is 2.45. The molecule has 1 rings (SSSR count). The van der Waals surface area contributed by atoms with Crippen molar-refractivity contribution in [2.24, 2.45) is 0 Å². The van der Waals surface area contributed by atoms with Crippen molar-refractivity contribution in [3.63, 3.8) is 0 Å². The topological polar surface area (TPSA) is 78.9 Å². The predicted molar refractivity (Wildman–Crippen MR) is 57.1 cm³/mol. The lowest BCUT2D eigenvalue weighted by Crippen LogP contribution is -2.58. The van der Waals surface area contributed by atoms with Gasteiger partial charge in [-0.2, -0.15) is 0 Å². The van der Waals surface area contributed by atoms with Gasteiger partial charge in [-0.15, -0.1) is 0 Å². The van der Waals surface area contributed by atoms with Gasteiger partial charge >= 0.3 is 5.97 Å². The monoisotopic (exact) mass is 230 g/mol. The second kappa shape index (κ2) is 5.81. The Kier molecular flexibility index (Phi) is 4.70. The largest absolute Gasteiger partial charge is 0.480 e. The van der Waals surface area contributed by atoms with Crippen LogP contribution < -0.4 is 5.32 Å². The van der Waals surface area contributed by atoms with E-state index in [0.29, 0.717) is 13.2 Å². The first kappa shape index (κ1) is 12.9. The highest BCUT2D eigenvalue weighted by atomic mass is 16.5. The Hall–Kier alpha value is -1.14. The maximum Gasteiger partial charge on any atom is 0.322 e. The molecule has 1 amide bonds. The minimum Gasteiger partial charge on any atom is -0.480 e. The summed E-state index contributed by atoms with van der Waals surface area (Å²) in [7, 11) is 0. The molecule has 6 nitrogen and oxygen atoms in total. The van der Waals surface area contributed by atoms with Crippen LogP contribution in [0, 0.1) is 0 Å². The Labute approximate surface area is 94.6 Å². The van der Waals surface area contributed by atoms with E-state index in [1.165, 1.54) is 0 Å². The van der Waals surface area contributed by atoms with E-state index in [1.54, 1.807) is 4.90 Å². The molecule has 1 aliphatic rings. The van der Waals surface area contributed by atoms with Gasteiger partial charge in [0.15, 0.2) is 0 Å². The third kappa shape index (κ3) is 3.79. The first-order valence-electron chi connectivity index (χ1n) is 5.36. The molecule has 0 bridgehead atoms. The van der Waals surface area contributed by atoms with E-state index >= 15 is 0 Å². The Morgan fingerprint density at radius 1 is 1.69 bits per heavy atom. The van der Waals surface area contributed by atoms with E-state index in [2.05, 4.69) is 5.32 Å². The molecule has 0 saturated carbocycles. The molecule has 1 heterocycles. The maximum atomic E-state index is 11.2. The number of rotatable bonds is 5. The maximum absolute atomic E-state index is 11.2. The van der Waals surface area contributed by atoms with Crippen LogP contribution in [-0.2, 0) is 14.3 Å². The van der Waals surface area contributed by atoms with E-state index in [4.69, 9.17) is 9.84 Å². The molecule has 0 aliphatic carbocycles. The molecule has 0 aromatic carbocycles. The van der Waals surface area contributed by atoms with E-state index in [0.717, 1.165) is 0 Å². The molecule has 1 aliphatic heterocycles. The van der Waals surface area contributed by atoms with Crippen molar-refractivity contribution in [3.05, 3.63) is 0 Å². The fourth-order valence-electron chi connectivity index (χ4n) is 1.57. The number of carbonyl (C=O) groups excluding carboxylic acids is 1. The zero-order valence-electron chi connectivity index (χ0n) is 9.60. The molecule has 16 heavy (non-hydrogen) atoms. The molecular weight excluding hydrogens is 212 g/mol. The van der Waals surface area contributed by atoms with Crippen molar-refractivity contribution in [2.45, 2.75) is 26.0 Å². The zero-order valence-corrected chi connectivity index (χ0v) is 9.60. The fraction of sp³-hybridized carbons (Fsp3) is 0.800. The number of piperazine rings is 1. The molecule has 92 valence electrons. The van der Waals surface area contributed by atoms with E-state index in [1.807, 2.05) is 13.8 Å². The number of carboxylic acid groups (broad SMARTS) is 1. The van der Waals surface area contributed by atoms with Gasteiger partial charge in [0.2, 0.25) is 5.91 Å². The van der Waals surface area contributed by atoms with Crippen LogP contribution in [0.15, 0.2) is 0 Å². The van der Waals surface area contributed by atoms with Crippen LogP contribution in [0.3, 0.4) is 0 Å². The minimum absolute atomic E-state index is 0.113. The summed E-state index contributed by atoms with van der Waals surface area (Å²) >= 11 is 0. The number of hydrogen-bond acceptors (Lipinski definition) is 4. The second-order valence-corrected chi connectivity index (χ2v) is 4.05. The highest BCUT2D eigenvalue weighted by Crippen LogP contribution is 2.04. The number of aliphatic carboxylic acids is 1. The zero-order chi connectivity index (χ0) is 12.1. The van der Waals surface area contributed by atoms with Crippen LogP contribution >= 0.6 is 0 Å². The third-order valence-electron chi connectivity index (χ3n) is 2.39. The summed E-state index contributed by atoms with van der Waals surface area (Å²) in [5, 5.41) is 11.5. The van der Waals surface area contributed by atoms with E-state index in [9.17, 15) is 9.59 Å². The van der Waals surface area contributed by atoms with Crippen molar-refractivity contribution >= 4 is 11.9 Å². The van der Waals surface area contributed by atoms with Crippen LogP contribution in [0.4, 0.5) is 0 Å². The highest BCUT2D eigenvalue weighted by molar-refractivity contribution is 5.83. The Bertz CT molecular complexity index is 268. The van der Waals surface area contributed by atoms with Gasteiger partial charge in [0.05, 0.1) is 19.3 Å². The predicted octanol–water partition coefficient (Wildman–Crippen LogP) is -0.704. The highest BCUT2D eigenvalue weighted by Gasteiger charge is 2.31. The lowest BCUT2D eigenvalue weighted by molar-refractivity contribution is -0.146. The van der Waals surface area contributed by atoms with Gasteiger partial charge in [-0.05, 0) is 13.8 Å². The van der Waals surface area contributed by atoms with Crippen LogP contribution in [0.5, 0.6) is 0 Å². The molecule has 0 aromatic heterocycles. The molecule has 0 radical (unpaired) electrons. The van der Waals surface area contributed by atoms with E-state index in [-0.39, 0.29) is 25.1 Å². The SMILES string of the molecule is CC(C)OCCN1CC(=O)NCC1C(=O)O. The molecule has 0 spiro atoms. The second-order valence-electron chi connectivity index (χ2n) is 4.05. The normalized spacial score (nSPS) is 22.2. The fourth-order valence-corrected chi connectivity index (χ4v) is 1.57. The van der Waals surface area contributed by atoms with Gasteiger partial charge in [-0.3, -0.25) is 14.5 Å². The number of carboxylic acids is 1. The molecule has 0 aromatic rings. The van der Waals surface area contributed by atoms with Gasteiger partial charge in [-0.25, -0.2) is 0 Å². The number of amides is 1. The van der Waals surface area contributed by atoms with Crippen LogP contribution in [0.2, 0.25) is 0 Å². The summed E-state index contributed by atoms with van der Waals surface area (Å²) in [5.74, 6) is -1.05. The van der Waals surface area contributed by atoms with Crippen LogP contribution in [-0.4, -0.2) is 60.3 Å². The van der Waals surface area contributed by atoms with Crippen molar-refractivity contribution in [2.75, 3.05) is 26.2 Å². The molecule has 1 unspecified atom stereocenters. The number of carbonyl (C=O) groups is 2. The average molecular weight is 230 g/mol. The van der Waals surface area contributed by atoms with Crippen molar-refractivity contribution < 1.29 is 19.4 Å². The Morgan fingerprint density at radius 3 is 2.94 bits per heavy atom. The average Bonchev–Trinajstić information content (AvgIpc) is 2.16. The van der Waals surface area contributed by atoms with Gasteiger partial charge in [0.1, 0.15) is 6.04 Å². The third-order valence-corrected chi connectivity index (χ3v) is 2.39. The van der Waals surface area contributed by atoms with Gasteiger partial charge in [-0.1, -0.05) is 0 Å². The molecule has 1 atom stereocenters. The summed E-state index contributed by atoms with van der Waals surface area (Å²) in [6.07, 6.45) is 0.113.